The van der Waals surface area contributed by atoms with Crippen molar-refractivity contribution in [1.29, 1.82) is 0 Å². The van der Waals surface area contributed by atoms with Crippen molar-refractivity contribution >= 4 is 35.6 Å². The minimum Gasteiger partial charge on any atom is -0.463 e. The Labute approximate surface area is 353 Å². The number of hydrogen-bond acceptors (Lipinski definition) is 11. The summed E-state index contributed by atoms with van der Waals surface area (Å²) in [7, 11) is 0. The molecule has 5 rings (SSSR count). The molecule has 1 saturated heterocycles. The van der Waals surface area contributed by atoms with Gasteiger partial charge in [0.25, 0.3) is 0 Å². The molecule has 3 saturated carbocycles. The molecule has 0 N–H and O–H groups in total. The number of rotatable bonds is 19. The lowest BCUT2D eigenvalue weighted by Crippen LogP contribution is -2.61. The quantitative estimate of drug-likeness (QED) is 0.0535. The Balaban J connectivity index is 1.06. The van der Waals surface area contributed by atoms with Gasteiger partial charge in [0.05, 0.1) is 6.10 Å². The summed E-state index contributed by atoms with van der Waals surface area (Å²) in [6.45, 7) is 18.1. The molecule has 0 aromatic heterocycles. The van der Waals surface area contributed by atoms with E-state index in [-0.39, 0.29) is 6.61 Å². The summed E-state index contributed by atoms with van der Waals surface area (Å²) in [6.07, 6.45) is 17.3. The molecule has 4 aliphatic carbocycles. The Kier molecular flexibility index (Phi) is 17.1. The lowest BCUT2D eigenvalue weighted by molar-refractivity contribution is -0.237. The van der Waals surface area contributed by atoms with Crippen molar-refractivity contribution in [3.8, 4) is 0 Å². The van der Waals surface area contributed by atoms with E-state index in [1.807, 2.05) is 0 Å². The SMILES string of the molecule is CC(=O)OC[C@H]1O[C@@H](SCCCCCCOC2CC[C@@]3(C)C(=CC[C@H]4[C@@H]5CC[C@H]([C@H](C)CCCC(C)C)[C@@]5(C)CC[C@@H]43)C2)[C@H](OC(C)=O)[C@@H](OC(C)=O)[C@H]1OC(C)=O. The molecule has 0 aromatic rings. The summed E-state index contributed by atoms with van der Waals surface area (Å²) in [4.78, 5) is 47.9. The molecule has 1 heterocycles. The summed E-state index contributed by atoms with van der Waals surface area (Å²) >= 11 is 1.44. The Hall–Kier alpha value is -2.11. The van der Waals surface area contributed by atoms with Gasteiger partial charge in [-0.05, 0) is 116 Å². The number of fused-ring (bicyclic) bond motifs is 5. The standard InChI is InChI=1S/C47H76O10S/c1-29(2)15-14-16-30(3)38-19-20-39-37-18-17-35-27-36(21-23-46(35,8)40(37)22-24-47(38,39)9)52-25-12-10-11-13-26-58-45-44(56-34(7)51)43(55-33(6)50)42(54-32(5)49)41(57-45)28-53-31(4)48/h17,29-30,36-45H,10-16,18-28H2,1-9H3/t30-,36?,37+,38-,39+,40+,41-,42+,43+,44-,45+,46+,47-/m1/s1. The topological polar surface area (TPSA) is 124 Å². The number of carbonyl (C=O) groups is 4. The van der Waals surface area contributed by atoms with Gasteiger partial charge in [0.15, 0.2) is 18.3 Å². The van der Waals surface area contributed by atoms with Crippen LogP contribution in [0.25, 0.3) is 0 Å². The zero-order valence-electron chi connectivity index (χ0n) is 37.2. The highest BCUT2D eigenvalue weighted by atomic mass is 32.2. The smallest absolute Gasteiger partial charge is 0.303 e. The van der Waals surface area contributed by atoms with Crippen LogP contribution in [0, 0.1) is 46.3 Å². The predicted molar refractivity (Wildman–Crippen MR) is 226 cm³/mol. The monoisotopic (exact) mass is 833 g/mol. The number of esters is 4. The average Bonchev–Trinajstić information content (AvgIpc) is 3.50. The van der Waals surface area contributed by atoms with Gasteiger partial charge < -0.3 is 28.4 Å². The minimum absolute atomic E-state index is 0.216. The van der Waals surface area contributed by atoms with Crippen LogP contribution in [0.3, 0.4) is 0 Å². The molecular weight excluding hydrogens is 757 g/mol. The largest absolute Gasteiger partial charge is 0.463 e. The third kappa shape index (κ3) is 11.6. The van der Waals surface area contributed by atoms with E-state index >= 15 is 0 Å². The van der Waals surface area contributed by atoms with E-state index in [4.69, 9.17) is 28.4 Å². The first-order chi connectivity index (χ1) is 27.5. The number of allylic oxidation sites excluding steroid dienone is 1. The molecule has 13 atom stereocenters. The summed E-state index contributed by atoms with van der Waals surface area (Å²) in [5.41, 5.74) is 1.81. The fourth-order valence-corrected chi connectivity index (χ4v) is 13.3. The lowest BCUT2D eigenvalue weighted by atomic mass is 9.47. The van der Waals surface area contributed by atoms with Crippen LogP contribution in [-0.2, 0) is 47.6 Å². The first kappa shape index (κ1) is 46.9. The maximum atomic E-state index is 12.1. The van der Waals surface area contributed by atoms with Crippen molar-refractivity contribution in [2.45, 2.75) is 195 Å². The molecule has 11 heteroatoms. The van der Waals surface area contributed by atoms with Crippen LogP contribution in [0.2, 0.25) is 0 Å². The third-order valence-corrected chi connectivity index (χ3v) is 16.1. The number of unbranched alkanes of at least 4 members (excludes halogenated alkanes) is 3. The van der Waals surface area contributed by atoms with Gasteiger partial charge in [-0.3, -0.25) is 19.2 Å². The highest BCUT2D eigenvalue weighted by molar-refractivity contribution is 7.99. The molecule has 58 heavy (non-hydrogen) atoms. The molecule has 0 spiro atoms. The fourth-order valence-electron chi connectivity index (χ4n) is 12.1. The van der Waals surface area contributed by atoms with Gasteiger partial charge >= 0.3 is 23.9 Å². The Morgan fingerprint density at radius 2 is 1.47 bits per heavy atom. The van der Waals surface area contributed by atoms with E-state index < -0.39 is 53.7 Å². The van der Waals surface area contributed by atoms with E-state index in [0.29, 0.717) is 22.7 Å². The molecule has 1 aliphatic heterocycles. The van der Waals surface area contributed by atoms with Crippen LogP contribution >= 0.6 is 11.8 Å². The normalized spacial score (nSPS) is 36.1. The Morgan fingerprint density at radius 3 is 2.16 bits per heavy atom. The van der Waals surface area contributed by atoms with Crippen molar-refractivity contribution in [1.82, 2.24) is 0 Å². The highest BCUT2D eigenvalue weighted by Crippen LogP contribution is 2.67. The number of thioether (sulfide) groups is 1. The Bertz CT molecular complexity index is 1430. The summed E-state index contributed by atoms with van der Waals surface area (Å²) in [5, 5.41) is 0. The van der Waals surface area contributed by atoms with Crippen LogP contribution < -0.4 is 0 Å². The van der Waals surface area contributed by atoms with E-state index in [1.54, 1.807) is 5.57 Å². The van der Waals surface area contributed by atoms with Crippen molar-refractivity contribution in [3.63, 3.8) is 0 Å². The van der Waals surface area contributed by atoms with Crippen LogP contribution in [-0.4, -0.2) is 78.8 Å². The maximum absolute atomic E-state index is 12.1. The van der Waals surface area contributed by atoms with Gasteiger partial charge in [0.1, 0.15) is 18.1 Å². The molecule has 0 amide bonds. The first-order valence-corrected chi connectivity index (χ1v) is 23.8. The third-order valence-electron chi connectivity index (χ3n) is 14.9. The molecular formula is C47H76O10S. The predicted octanol–water partition coefficient (Wildman–Crippen LogP) is 9.79. The molecule has 10 nitrogen and oxygen atoms in total. The summed E-state index contributed by atoms with van der Waals surface area (Å²) in [5.74, 6) is 3.44. The van der Waals surface area contributed by atoms with Gasteiger partial charge in [-0.25, -0.2) is 0 Å². The molecule has 0 radical (unpaired) electrons. The van der Waals surface area contributed by atoms with Gasteiger partial charge in [-0.2, -0.15) is 0 Å². The zero-order valence-corrected chi connectivity index (χ0v) is 38.0. The molecule has 4 fully saturated rings. The minimum atomic E-state index is -1.13. The summed E-state index contributed by atoms with van der Waals surface area (Å²) < 4.78 is 34.6. The lowest BCUT2D eigenvalue weighted by Gasteiger charge is -2.58. The van der Waals surface area contributed by atoms with Gasteiger partial charge in [0.2, 0.25) is 0 Å². The van der Waals surface area contributed by atoms with E-state index in [2.05, 4.69) is 40.7 Å². The second-order valence-corrected chi connectivity index (χ2v) is 20.6. The number of hydrogen-bond donors (Lipinski definition) is 0. The van der Waals surface area contributed by atoms with Gasteiger partial charge in [0, 0.05) is 34.3 Å². The van der Waals surface area contributed by atoms with Crippen molar-refractivity contribution < 1.29 is 47.6 Å². The average molecular weight is 833 g/mol. The van der Waals surface area contributed by atoms with Crippen LogP contribution in [0.15, 0.2) is 11.6 Å². The van der Waals surface area contributed by atoms with Gasteiger partial charge in [-0.15, -0.1) is 11.8 Å². The van der Waals surface area contributed by atoms with E-state index in [0.717, 1.165) is 80.6 Å². The second kappa shape index (κ2) is 21.1. The molecule has 330 valence electrons. The first-order valence-electron chi connectivity index (χ1n) is 22.8. The molecule has 1 unspecified atom stereocenters. The van der Waals surface area contributed by atoms with E-state index in [9.17, 15) is 19.2 Å². The molecule has 5 aliphatic rings. The fraction of sp³-hybridized carbons (Fsp3) is 0.872. The van der Waals surface area contributed by atoms with Gasteiger partial charge in [-0.1, -0.05) is 78.4 Å². The van der Waals surface area contributed by atoms with Crippen LogP contribution in [0.4, 0.5) is 0 Å². The van der Waals surface area contributed by atoms with Crippen molar-refractivity contribution in [2.75, 3.05) is 19.0 Å². The van der Waals surface area contributed by atoms with E-state index in [1.165, 1.54) is 97.2 Å². The second-order valence-electron chi connectivity index (χ2n) is 19.4. The highest BCUT2D eigenvalue weighted by Gasteiger charge is 2.59. The van der Waals surface area contributed by atoms with Crippen LogP contribution in [0.5, 0.6) is 0 Å². The molecule has 0 aromatic carbocycles. The molecule has 0 bridgehead atoms. The maximum Gasteiger partial charge on any atom is 0.303 e. The van der Waals surface area contributed by atoms with Crippen molar-refractivity contribution in [2.24, 2.45) is 46.3 Å². The Morgan fingerprint density at radius 1 is 0.776 bits per heavy atom. The van der Waals surface area contributed by atoms with Crippen molar-refractivity contribution in [3.05, 3.63) is 11.6 Å². The zero-order chi connectivity index (χ0) is 42.2. The number of ether oxygens (including phenoxy) is 6. The van der Waals surface area contributed by atoms with Crippen LogP contribution in [0.1, 0.15) is 159 Å². The summed E-state index contributed by atoms with van der Waals surface area (Å²) in [6, 6.07) is 0. The number of carbonyl (C=O) groups excluding carboxylic acids is 4.